The Morgan fingerprint density at radius 1 is 0.733 bits per heavy atom. The third-order valence-corrected chi connectivity index (χ3v) is 8.56. The van der Waals surface area contributed by atoms with Gasteiger partial charge in [-0.1, -0.05) is 25.3 Å². The number of carboxylic acids is 2. The molecule has 45 heavy (non-hydrogen) atoms. The highest BCUT2D eigenvalue weighted by molar-refractivity contribution is 6.02. The van der Waals surface area contributed by atoms with Crippen LogP contribution in [0.4, 0.5) is 0 Å². The first kappa shape index (κ1) is 32.8. The molecule has 2 aliphatic rings. The Hall–Kier alpha value is -5.12. The molecule has 0 radical (unpaired) electrons. The van der Waals surface area contributed by atoms with Crippen LogP contribution in [0.5, 0.6) is 0 Å². The predicted octanol–water partition coefficient (Wildman–Crippen LogP) is 5.62. The number of nitrogens with one attached hydrogen (secondary N) is 4. The molecule has 2 amide bonds. The standard InChI is InChI=1S/C35H40N4O6/c1-7-22-18(3)26(16-29-23(8-2)20(5)34(44)38-29)36-28(22)15-27-19(4)24(11-9-13-32(40)41)30(37-27)17-31-25(12-10-14-33(42)43)21(6)35(45)39-31/h7-8,16-17,36-37H,1-2,9-15H2,3-6H3,(H,38,44)(H,39,45)(H,40,41)(H,42,43)/b29-16-,31-17+. The van der Waals surface area contributed by atoms with Gasteiger partial charge in [-0.05, 0) is 93.4 Å². The van der Waals surface area contributed by atoms with Gasteiger partial charge in [-0.25, -0.2) is 0 Å². The summed E-state index contributed by atoms with van der Waals surface area (Å²) in [4.78, 5) is 54.3. The summed E-state index contributed by atoms with van der Waals surface area (Å²) < 4.78 is 0. The number of H-pyrrole nitrogens is 2. The summed E-state index contributed by atoms with van der Waals surface area (Å²) in [5, 5.41) is 24.2. The second-order valence-electron chi connectivity index (χ2n) is 11.4. The number of amides is 2. The van der Waals surface area contributed by atoms with Crippen molar-refractivity contribution in [2.75, 3.05) is 0 Å². The first-order valence-corrected chi connectivity index (χ1v) is 14.9. The van der Waals surface area contributed by atoms with Gasteiger partial charge in [-0.15, -0.1) is 0 Å². The minimum atomic E-state index is -0.889. The van der Waals surface area contributed by atoms with Gasteiger partial charge in [0.15, 0.2) is 0 Å². The molecule has 0 fully saturated rings. The predicted molar refractivity (Wildman–Crippen MR) is 174 cm³/mol. The highest BCUT2D eigenvalue weighted by atomic mass is 16.4. The number of allylic oxidation sites excluding steroid dienone is 2. The van der Waals surface area contributed by atoms with Crippen LogP contribution in [-0.2, 0) is 32.0 Å². The number of carbonyl (C=O) groups is 4. The smallest absolute Gasteiger partial charge is 0.303 e. The van der Waals surface area contributed by atoms with Gasteiger partial charge < -0.3 is 30.8 Å². The molecule has 236 valence electrons. The average molecular weight is 613 g/mol. The molecule has 0 spiro atoms. The van der Waals surface area contributed by atoms with Gasteiger partial charge >= 0.3 is 11.9 Å². The zero-order valence-corrected chi connectivity index (χ0v) is 26.2. The third-order valence-electron chi connectivity index (χ3n) is 8.56. The van der Waals surface area contributed by atoms with E-state index in [1.54, 1.807) is 26.0 Å². The van der Waals surface area contributed by atoms with E-state index in [1.807, 2.05) is 26.0 Å². The van der Waals surface area contributed by atoms with Crippen LogP contribution >= 0.6 is 0 Å². The van der Waals surface area contributed by atoms with Crippen LogP contribution in [0, 0.1) is 13.8 Å². The Bertz CT molecular complexity index is 1740. The maximum Gasteiger partial charge on any atom is 0.303 e. The van der Waals surface area contributed by atoms with E-state index in [9.17, 15) is 24.3 Å². The van der Waals surface area contributed by atoms with E-state index >= 15 is 0 Å². The Balaban J connectivity index is 1.73. The molecular formula is C35H40N4O6. The summed E-state index contributed by atoms with van der Waals surface area (Å²) in [6.07, 6.45) is 9.55. The number of hydrogen-bond donors (Lipinski definition) is 6. The molecule has 4 heterocycles. The van der Waals surface area contributed by atoms with Crippen molar-refractivity contribution < 1.29 is 29.4 Å². The van der Waals surface area contributed by atoms with Gasteiger partial charge in [-0.3, -0.25) is 19.2 Å². The van der Waals surface area contributed by atoms with Crippen molar-refractivity contribution in [1.29, 1.82) is 0 Å². The highest BCUT2D eigenvalue weighted by Crippen LogP contribution is 2.32. The first-order chi connectivity index (χ1) is 21.4. The molecule has 0 bridgehead atoms. The summed E-state index contributed by atoms with van der Waals surface area (Å²) in [5.41, 5.74) is 11.3. The van der Waals surface area contributed by atoms with E-state index in [2.05, 4.69) is 33.8 Å². The third kappa shape index (κ3) is 7.01. The minimum Gasteiger partial charge on any atom is -0.481 e. The van der Waals surface area contributed by atoms with Crippen LogP contribution in [0.25, 0.3) is 18.2 Å². The van der Waals surface area contributed by atoms with Crippen LogP contribution in [-0.4, -0.2) is 43.9 Å². The van der Waals surface area contributed by atoms with Gasteiger partial charge in [0.2, 0.25) is 0 Å². The summed E-state index contributed by atoms with van der Waals surface area (Å²) in [7, 11) is 0. The number of hydrogen-bond acceptors (Lipinski definition) is 4. The first-order valence-electron chi connectivity index (χ1n) is 14.9. The van der Waals surface area contributed by atoms with Crippen LogP contribution in [0.1, 0.15) is 91.0 Å². The lowest BCUT2D eigenvalue weighted by Gasteiger charge is -2.07. The maximum atomic E-state index is 12.6. The molecular weight excluding hydrogens is 572 g/mol. The SMILES string of the molecule is C=CC1=C(C)C(=O)N/C1=C\c1[nH]c(Cc2[nH]c(/C=C3/NC(=O)C(C)=C3CCCC(=O)O)c(CCCC(=O)O)c2C)c(C=C)c1C. The molecule has 2 aromatic rings. The van der Waals surface area contributed by atoms with Crippen molar-refractivity contribution in [3.63, 3.8) is 0 Å². The number of aliphatic carboxylic acids is 2. The van der Waals surface area contributed by atoms with Crippen molar-refractivity contribution in [1.82, 2.24) is 20.6 Å². The van der Waals surface area contributed by atoms with E-state index in [1.165, 1.54) is 0 Å². The molecule has 0 unspecified atom stereocenters. The second-order valence-corrected chi connectivity index (χ2v) is 11.4. The summed E-state index contributed by atoms with van der Waals surface area (Å²) in [6, 6.07) is 0. The van der Waals surface area contributed by atoms with Gasteiger partial charge in [0.05, 0.1) is 5.70 Å². The largest absolute Gasteiger partial charge is 0.481 e. The number of rotatable bonds is 14. The maximum absolute atomic E-state index is 12.6. The van der Waals surface area contributed by atoms with Crippen LogP contribution < -0.4 is 10.6 Å². The fourth-order valence-electron chi connectivity index (χ4n) is 5.95. The molecule has 0 saturated carbocycles. The zero-order chi connectivity index (χ0) is 33.0. The fourth-order valence-corrected chi connectivity index (χ4v) is 5.95. The Morgan fingerprint density at radius 2 is 1.31 bits per heavy atom. The quantitative estimate of drug-likeness (QED) is 0.162. The number of carboxylic acid groups (broad SMARTS) is 2. The Morgan fingerprint density at radius 3 is 1.93 bits per heavy atom. The molecule has 6 N–H and O–H groups in total. The zero-order valence-electron chi connectivity index (χ0n) is 26.2. The lowest BCUT2D eigenvalue weighted by Crippen LogP contribution is -2.15. The van der Waals surface area contributed by atoms with E-state index < -0.39 is 11.9 Å². The number of aromatic nitrogens is 2. The van der Waals surface area contributed by atoms with Crippen molar-refractivity contribution >= 4 is 42.0 Å². The van der Waals surface area contributed by atoms with Crippen molar-refractivity contribution in [2.45, 2.75) is 72.6 Å². The van der Waals surface area contributed by atoms with Gasteiger partial charge in [0.1, 0.15) is 0 Å². The minimum absolute atomic E-state index is 0.00147. The topological polar surface area (TPSA) is 164 Å². The number of carbonyl (C=O) groups excluding carboxylic acids is 2. The lowest BCUT2D eigenvalue weighted by atomic mass is 9.99. The molecule has 2 aromatic heterocycles. The lowest BCUT2D eigenvalue weighted by molar-refractivity contribution is -0.138. The molecule has 0 atom stereocenters. The Kier molecular flexibility index (Phi) is 9.96. The molecule has 0 saturated heterocycles. The van der Waals surface area contributed by atoms with Gasteiger partial charge in [0, 0.05) is 64.5 Å². The molecule has 10 heteroatoms. The fraction of sp³-hybridized carbons (Fsp3) is 0.314. The molecule has 10 nitrogen and oxygen atoms in total. The molecule has 0 aliphatic carbocycles. The van der Waals surface area contributed by atoms with Crippen LogP contribution in [0.3, 0.4) is 0 Å². The molecule has 2 aliphatic heterocycles. The second kappa shape index (κ2) is 13.7. The van der Waals surface area contributed by atoms with E-state index in [-0.39, 0.29) is 24.7 Å². The molecule has 4 rings (SSSR count). The van der Waals surface area contributed by atoms with Gasteiger partial charge in [0.25, 0.3) is 11.8 Å². The van der Waals surface area contributed by atoms with Crippen LogP contribution in [0.2, 0.25) is 0 Å². The van der Waals surface area contributed by atoms with Crippen LogP contribution in [0.15, 0.2) is 52.9 Å². The van der Waals surface area contributed by atoms with Crippen molar-refractivity contribution in [3.05, 3.63) is 97.9 Å². The highest BCUT2D eigenvalue weighted by Gasteiger charge is 2.26. The van der Waals surface area contributed by atoms with Gasteiger partial charge in [-0.2, -0.15) is 0 Å². The number of aromatic amines is 2. The van der Waals surface area contributed by atoms with Crippen molar-refractivity contribution in [2.24, 2.45) is 0 Å². The average Bonchev–Trinajstić information content (AvgIpc) is 3.62. The monoisotopic (exact) mass is 612 g/mol. The van der Waals surface area contributed by atoms with E-state index in [0.717, 1.165) is 56.2 Å². The molecule has 0 aromatic carbocycles. The summed E-state index contributed by atoms with van der Waals surface area (Å²) in [6.45, 7) is 15.4. The van der Waals surface area contributed by atoms with E-state index in [4.69, 9.17) is 5.11 Å². The van der Waals surface area contributed by atoms with E-state index in [0.29, 0.717) is 54.6 Å². The summed E-state index contributed by atoms with van der Waals surface area (Å²) in [5.74, 6) is -2.13. The van der Waals surface area contributed by atoms with Crippen molar-refractivity contribution in [3.8, 4) is 0 Å². The summed E-state index contributed by atoms with van der Waals surface area (Å²) >= 11 is 0. The normalized spacial score (nSPS) is 16.6. The Labute approximate surface area is 262 Å².